The molecule has 8 heteroatoms. The third kappa shape index (κ3) is 3.40. The molecule has 1 aliphatic heterocycles. The van der Waals surface area contributed by atoms with E-state index in [1.54, 1.807) is 26.0 Å². The number of hydrogen-bond acceptors (Lipinski definition) is 6. The summed E-state index contributed by atoms with van der Waals surface area (Å²) >= 11 is 0. The molecule has 1 aliphatic rings. The molecule has 0 unspecified atom stereocenters. The Morgan fingerprint density at radius 1 is 1.07 bits per heavy atom. The Balaban J connectivity index is 1.45. The zero-order valence-corrected chi connectivity index (χ0v) is 16.5. The van der Waals surface area contributed by atoms with Gasteiger partial charge in [-0.3, -0.25) is 4.57 Å². The molecular formula is C21H24N6O2. The fraction of sp³-hybridized carbons (Fsp3) is 0.381. The van der Waals surface area contributed by atoms with E-state index in [2.05, 4.69) is 25.1 Å². The molecule has 1 fully saturated rings. The number of aromatic amines is 1. The molecule has 0 spiro atoms. The monoisotopic (exact) mass is 392 g/mol. The first kappa shape index (κ1) is 17.9. The first-order chi connectivity index (χ1) is 14.3. The Hall–Kier alpha value is -3.13. The fourth-order valence-corrected chi connectivity index (χ4v) is 4.09. The summed E-state index contributed by atoms with van der Waals surface area (Å²) in [5, 5.41) is 9.83. The maximum absolute atomic E-state index is 6.08. The topological polar surface area (TPSA) is 81.1 Å². The molecule has 0 saturated carbocycles. The summed E-state index contributed by atoms with van der Waals surface area (Å²) in [5.41, 5.74) is 1.98. The van der Waals surface area contributed by atoms with Crippen LogP contribution in [0, 0.1) is 0 Å². The first-order valence-corrected chi connectivity index (χ1v) is 10.0. The van der Waals surface area contributed by atoms with Crippen molar-refractivity contribution in [3.8, 4) is 17.3 Å². The van der Waals surface area contributed by atoms with Crippen molar-refractivity contribution in [2.45, 2.75) is 19.3 Å². The maximum Gasteiger partial charge on any atom is 0.163 e. The second-order valence-corrected chi connectivity index (χ2v) is 7.35. The van der Waals surface area contributed by atoms with Crippen molar-refractivity contribution in [1.82, 2.24) is 29.6 Å². The number of fused-ring (bicyclic) bond motifs is 3. The molecule has 0 aliphatic carbocycles. The summed E-state index contributed by atoms with van der Waals surface area (Å²) in [5.74, 6) is 2.25. The summed E-state index contributed by atoms with van der Waals surface area (Å²) in [6, 6.07) is 5.99. The minimum atomic E-state index is 0.673. The van der Waals surface area contributed by atoms with Crippen molar-refractivity contribution < 1.29 is 9.47 Å². The minimum absolute atomic E-state index is 0.673. The summed E-state index contributed by atoms with van der Waals surface area (Å²) in [6.45, 7) is 4.19. The molecule has 8 nitrogen and oxygen atoms in total. The van der Waals surface area contributed by atoms with E-state index in [0.29, 0.717) is 6.61 Å². The molecule has 0 radical (unpaired) electrons. The first-order valence-electron chi connectivity index (χ1n) is 10.0. The zero-order valence-electron chi connectivity index (χ0n) is 16.5. The highest BCUT2D eigenvalue weighted by atomic mass is 16.5. The van der Waals surface area contributed by atoms with Crippen LogP contribution < -0.4 is 9.47 Å². The van der Waals surface area contributed by atoms with Crippen LogP contribution in [-0.4, -0.2) is 63.0 Å². The van der Waals surface area contributed by atoms with Gasteiger partial charge in [-0.25, -0.2) is 4.98 Å². The third-order valence-electron chi connectivity index (χ3n) is 5.51. The van der Waals surface area contributed by atoms with Gasteiger partial charge >= 0.3 is 0 Å². The molecule has 0 amide bonds. The van der Waals surface area contributed by atoms with Crippen LogP contribution in [0.4, 0.5) is 0 Å². The van der Waals surface area contributed by atoms with Gasteiger partial charge in [0.2, 0.25) is 0 Å². The average Bonchev–Trinajstić information content (AvgIpc) is 3.51. The molecule has 0 atom stereocenters. The van der Waals surface area contributed by atoms with Crippen LogP contribution in [-0.2, 0) is 0 Å². The molecule has 0 bridgehead atoms. The Morgan fingerprint density at radius 3 is 2.69 bits per heavy atom. The summed E-state index contributed by atoms with van der Waals surface area (Å²) in [7, 11) is 1.67. The van der Waals surface area contributed by atoms with Gasteiger partial charge in [0.05, 0.1) is 30.1 Å². The van der Waals surface area contributed by atoms with Crippen molar-refractivity contribution in [2.75, 3.05) is 33.4 Å². The van der Waals surface area contributed by atoms with E-state index in [0.717, 1.165) is 52.1 Å². The molecule has 5 rings (SSSR count). The average molecular weight is 392 g/mol. The van der Waals surface area contributed by atoms with Crippen LogP contribution >= 0.6 is 0 Å². The van der Waals surface area contributed by atoms with E-state index in [9.17, 15) is 0 Å². The third-order valence-corrected chi connectivity index (χ3v) is 5.51. The van der Waals surface area contributed by atoms with Crippen molar-refractivity contribution in [1.29, 1.82) is 0 Å². The van der Waals surface area contributed by atoms with Gasteiger partial charge in [0.1, 0.15) is 18.5 Å². The van der Waals surface area contributed by atoms with E-state index < -0.39 is 0 Å². The van der Waals surface area contributed by atoms with E-state index in [-0.39, 0.29) is 0 Å². The maximum atomic E-state index is 6.08. The van der Waals surface area contributed by atoms with Crippen molar-refractivity contribution in [2.24, 2.45) is 0 Å². The van der Waals surface area contributed by atoms with Crippen LogP contribution in [0.15, 0.2) is 37.1 Å². The Kier molecular flexibility index (Phi) is 4.77. The van der Waals surface area contributed by atoms with Gasteiger partial charge in [0.15, 0.2) is 11.5 Å². The van der Waals surface area contributed by atoms with Crippen LogP contribution in [0.5, 0.6) is 11.5 Å². The number of hydrogen-bond donors (Lipinski definition) is 1. The summed E-state index contributed by atoms with van der Waals surface area (Å²) in [6.07, 6.45) is 8.72. The fourth-order valence-electron chi connectivity index (χ4n) is 4.09. The molecule has 1 saturated heterocycles. The normalized spacial score (nSPS) is 14.8. The van der Waals surface area contributed by atoms with Crippen LogP contribution in [0.25, 0.3) is 27.6 Å². The molecule has 1 aromatic carbocycles. The predicted octanol–water partition coefficient (Wildman–Crippen LogP) is 3.17. The molecule has 29 heavy (non-hydrogen) atoms. The van der Waals surface area contributed by atoms with E-state index in [4.69, 9.17) is 9.47 Å². The number of methoxy groups -OCH3 is 1. The van der Waals surface area contributed by atoms with E-state index in [1.165, 1.54) is 25.9 Å². The van der Waals surface area contributed by atoms with Gasteiger partial charge in [-0.2, -0.15) is 0 Å². The van der Waals surface area contributed by atoms with E-state index >= 15 is 0 Å². The van der Waals surface area contributed by atoms with Crippen LogP contribution in [0.2, 0.25) is 0 Å². The predicted molar refractivity (Wildman–Crippen MR) is 111 cm³/mol. The quantitative estimate of drug-likeness (QED) is 0.487. The molecule has 3 aromatic heterocycles. The number of likely N-dealkylation sites (tertiary alicyclic amines) is 1. The number of rotatable bonds is 7. The van der Waals surface area contributed by atoms with Gasteiger partial charge < -0.3 is 19.4 Å². The summed E-state index contributed by atoms with van der Waals surface area (Å²) < 4.78 is 13.5. The van der Waals surface area contributed by atoms with Gasteiger partial charge in [0, 0.05) is 24.2 Å². The van der Waals surface area contributed by atoms with Crippen LogP contribution in [0.3, 0.4) is 0 Å². The van der Waals surface area contributed by atoms with Gasteiger partial charge in [-0.1, -0.05) is 0 Å². The number of nitrogens with one attached hydrogen (secondary N) is 1. The minimum Gasteiger partial charge on any atom is -0.493 e. The van der Waals surface area contributed by atoms with Crippen molar-refractivity contribution in [3.63, 3.8) is 0 Å². The highest BCUT2D eigenvalue weighted by molar-refractivity contribution is 6.11. The lowest BCUT2D eigenvalue weighted by Crippen LogP contribution is -2.21. The number of aromatic nitrogens is 5. The van der Waals surface area contributed by atoms with Gasteiger partial charge in [0.25, 0.3) is 0 Å². The number of ether oxygens (including phenoxy) is 2. The standard InChI is InChI=1S/C21H24N6O2/c1-28-18-11-15-17(12-19(18)29-10-4-9-26-7-2-3-8-26)25-16-5-6-22-21(20(15)16)27-13-23-24-14-27/h5-6,11-14,25H,2-4,7-10H2,1H3. The molecular weight excluding hydrogens is 368 g/mol. The summed E-state index contributed by atoms with van der Waals surface area (Å²) in [4.78, 5) is 10.5. The Morgan fingerprint density at radius 2 is 1.90 bits per heavy atom. The molecule has 4 aromatic rings. The second kappa shape index (κ2) is 7.71. The lowest BCUT2D eigenvalue weighted by atomic mass is 10.1. The molecule has 1 N–H and O–H groups in total. The lowest BCUT2D eigenvalue weighted by Gasteiger charge is -2.15. The molecule has 150 valence electrons. The number of nitrogens with zero attached hydrogens (tertiary/aromatic N) is 5. The number of H-pyrrole nitrogens is 1. The number of pyridine rings is 1. The number of benzene rings is 1. The van der Waals surface area contributed by atoms with E-state index in [1.807, 2.05) is 22.8 Å². The highest BCUT2D eigenvalue weighted by Crippen LogP contribution is 2.37. The van der Waals surface area contributed by atoms with Crippen molar-refractivity contribution in [3.05, 3.63) is 37.1 Å². The highest BCUT2D eigenvalue weighted by Gasteiger charge is 2.16. The zero-order chi connectivity index (χ0) is 19.6. The van der Waals surface area contributed by atoms with Crippen LogP contribution in [0.1, 0.15) is 19.3 Å². The Labute approximate surface area is 168 Å². The second-order valence-electron chi connectivity index (χ2n) is 7.35. The molecule has 4 heterocycles. The van der Waals surface area contributed by atoms with Gasteiger partial charge in [-0.15, -0.1) is 10.2 Å². The smallest absolute Gasteiger partial charge is 0.163 e. The largest absolute Gasteiger partial charge is 0.493 e. The Bertz CT molecular complexity index is 1120. The van der Waals surface area contributed by atoms with Gasteiger partial charge in [-0.05, 0) is 44.5 Å². The SMILES string of the molecule is COc1cc2c(cc1OCCCN1CCCC1)[nH]c1ccnc(-n3cnnc3)c12. The lowest BCUT2D eigenvalue weighted by molar-refractivity contribution is 0.254. The van der Waals surface area contributed by atoms with Crippen molar-refractivity contribution >= 4 is 21.8 Å².